The van der Waals surface area contributed by atoms with Gasteiger partial charge in [-0.15, -0.1) is 0 Å². The average Bonchev–Trinajstić information content (AvgIpc) is 2.68. The molecule has 5 heteroatoms. The van der Waals surface area contributed by atoms with Crippen molar-refractivity contribution in [2.45, 2.75) is 6.54 Å². The monoisotopic (exact) mass is 259 g/mol. The van der Waals surface area contributed by atoms with E-state index in [-0.39, 0.29) is 10.0 Å². The van der Waals surface area contributed by atoms with E-state index < -0.39 is 5.82 Å². The lowest BCUT2D eigenvalue weighted by molar-refractivity contribution is 0.564. The molecular formula is C11H8Cl2FNO. The second-order valence-corrected chi connectivity index (χ2v) is 4.04. The molecule has 0 bridgehead atoms. The van der Waals surface area contributed by atoms with Crippen molar-refractivity contribution in [3.63, 3.8) is 0 Å². The summed E-state index contributed by atoms with van der Waals surface area (Å²) in [6.45, 7) is 0.515. The molecule has 0 saturated carbocycles. The minimum Gasteiger partial charge on any atom is -0.472 e. The van der Waals surface area contributed by atoms with Crippen LogP contribution in [0.25, 0.3) is 0 Å². The first-order valence-electron chi connectivity index (χ1n) is 4.56. The van der Waals surface area contributed by atoms with Gasteiger partial charge in [-0.3, -0.25) is 0 Å². The van der Waals surface area contributed by atoms with E-state index in [9.17, 15) is 4.39 Å². The van der Waals surface area contributed by atoms with Crippen LogP contribution in [0.4, 0.5) is 10.1 Å². The van der Waals surface area contributed by atoms with E-state index in [1.54, 1.807) is 12.5 Å². The molecule has 2 nitrogen and oxygen atoms in total. The van der Waals surface area contributed by atoms with Crippen LogP contribution in [0.3, 0.4) is 0 Å². The number of anilines is 1. The molecule has 0 unspecified atom stereocenters. The summed E-state index contributed by atoms with van der Waals surface area (Å²) in [5, 5.41) is 3.54. The molecule has 0 radical (unpaired) electrons. The van der Waals surface area contributed by atoms with E-state index in [1.807, 2.05) is 6.07 Å². The van der Waals surface area contributed by atoms with Gasteiger partial charge in [-0.1, -0.05) is 23.2 Å². The number of nitrogens with one attached hydrogen (secondary N) is 1. The highest BCUT2D eigenvalue weighted by Crippen LogP contribution is 2.31. The van der Waals surface area contributed by atoms with E-state index in [2.05, 4.69) is 5.32 Å². The molecular weight excluding hydrogens is 252 g/mol. The van der Waals surface area contributed by atoms with Crippen molar-refractivity contribution in [3.05, 3.63) is 52.2 Å². The van der Waals surface area contributed by atoms with Crippen LogP contribution in [-0.2, 0) is 6.54 Å². The fourth-order valence-electron chi connectivity index (χ4n) is 1.29. The van der Waals surface area contributed by atoms with Gasteiger partial charge in [-0.25, -0.2) is 4.39 Å². The van der Waals surface area contributed by atoms with Crippen molar-refractivity contribution >= 4 is 28.9 Å². The van der Waals surface area contributed by atoms with E-state index in [1.165, 1.54) is 12.1 Å². The molecule has 0 aliphatic heterocycles. The minimum absolute atomic E-state index is 0.258. The van der Waals surface area contributed by atoms with E-state index in [0.717, 1.165) is 5.56 Å². The highest BCUT2D eigenvalue weighted by molar-refractivity contribution is 6.39. The van der Waals surface area contributed by atoms with Crippen LogP contribution in [0, 0.1) is 5.82 Å². The largest absolute Gasteiger partial charge is 0.472 e. The van der Waals surface area contributed by atoms with Gasteiger partial charge in [-0.05, 0) is 18.2 Å². The number of rotatable bonds is 3. The van der Waals surface area contributed by atoms with Gasteiger partial charge in [0.25, 0.3) is 0 Å². The molecule has 0 amide bonds. The van der Waals surface area contributed by atoms with Crippen LogP contribution in [0.5, 0.6) is 0 Å². The van der Waals surface area contributed by atoms with Crippen LogP contribution in [-0.4, -0.2) is 0 Å². The summed E-state index contributed by atoms with van der Waals surface area (Å²) in [6.07, 6.45) is 3.18. The van der Waals surface area contributed by atoms with Crippen LogP contribution >= 0.6 is 23.2 Å². The Hall–Kier alpha value is -1.19. The zero-order chi connectivity index (χ0) is 11.5. The molecule has 1 heterocycles. The van der Waals surface area contributed by atoms with Crippen molar-refractivity contribution in [3.8, 4) is 0 Å². The van der Waals surface area contributed by atoms with Crippen molar-refractivity contribution < 1.29 is 8.81 Å². The Morgan fingerprint density at radius 2 is 1.94 bits per heavy atom. The second kappa shape index (κ2) is 4.76. The Balaban J connectivity index is 2.15. The number of hydrogen-bond acceptors (Lipinski definition) is 2. The lowest BCUT2D eigenvalue weighted by Crippen LogP contribution is -1.99. The molecule has 1 aromatic heterocycles. The maximum atomic E-state index is 12.9. The molecule has 1 aromatic carbocycles. The first kappa shape index (κ1) is 11.3. The predicted molar refractivity (Wildman–Crippen MR) is 62.5 cm³/mol. The molecule has 0 aliphatic rings. The third-order valence-corrected chi connectivity index (χ3v) is 2.65. The maximum absolute atomic E-state index is 12.9. The summed E-state index contributed by atoms with van der Waals surface area (Å²) in [4.78, 5) is 0. The van der Waals surface area contributed by atoms with Gasteiger partial charge in [0.2, 0.25) is 0 Å². The van der Waals surface area contributed by atoms with Crippen LogP contribution in [0.15, 0.2) is 35.1 Å². The summed E-state index contributed by atoms with van der Waals surface area (Å²) in [5.41, 5.74) is 1.47. The fourth-order valence-corrected chi connectivity index (χ4v) is 1.89. The molecule has 0 aliphatic carbocycles. The lowest BCUT2D eigenvalue weighted by Gasteiger charge is -2.09. The fraction of sp³-hybridized carbons (Fsp3) is 0.0909. The first-order chi connectivity index (χ1) is 7.66. The van der Waals surface area contributed by atoms with E-state index in [4.69, 9.17) is 27.6 Å². The molecule has 2 rings (SSSR count). The van der Waals surface area contributed by atoms with Gasteiger partial charge >= 0.3 is 0 Å². The molecule has 0 saturated heterocycles. The summed E-state index contributed by atoms with van der Waals surface area (Å²) < 4.78 is 17.8. The molecule has 16 heavy (non-hydrogen) atoms. The van der Waals surface area contributed by atoms with Gasteiger partial charge in [0.15, 0.2) is 0 Å². The molecule has 84 valence electrons. The van der Waals surface area contributed by atoms with Gasteiger partial charge in [0.05, 0.1) is 28.3 Å². The lowest BCUT2D eigenvalue weighted by atomic mass is 10.3. The zero-order valence-electron chi connectivity index (χ0n) is 8.14. The second-order valence-electron chi connectivity index (χ2n) is 3.23. The Morgan fingerprint density at radius 1 is 1.25 bits per heavy atom. The number of hydrogen-bond donors (Lipinski definition) is 1. The van der Waals surface area contributed by atoms with Crippen molar-refractivity contribution in [1.29, 1.82) is 0 Å². The van der Waals surface area contributed by atoms with Crippen molar-refractivity contribution in [1.82, 2.24) is 0 Å². The molecule has 0 spiro atoms. The van der Waals surface area contributed by atoms with Crippen LogP contribution < -0.4 is 5.32 Å². The van der Waals surface area contributed by atoms with Gasteiger partial charge in [0.1, 0.15) is 5.82 Å². The topological polar surface area (TPSA) is 25.2 Å². The van der Waals surface area contributed by atoms with Crippen LogP contribution in [0.1, 0.15) is 5.56 Å². The Labute approximate surface area is 102 Å². The first-order valence-corrected chi connectivity index (χ1v) is 5.32. The minimum atomic E-state index is -0.455. The van der Waals surface area contributed by atoms with Gasteiger partial charge in [-0.2, -0.15) is 0 Å². The highest BCUT2D eigenvalue weighted by Gasteiger charge is 2.08. The van der Waals surface area contributed by atoms with E-state index in [0.29, 0.717) is 12.2 Å². The van der Waals surface area contributed by atoms with Gasteiger partial charge < -0.3 is 9.73 Å². The quantitative estimate of drug-likeness (QED) is 0.888. The smallest absolute Gasteiger partial charge is 0.126 e. The Bertz CT molecular complexity index is 462. The van der Waals surface area contributed by atoms with E-state index >= 15 is 0 Å². The number of halogens is 3. The van der Waals surface area contributed by atoms with Gasteiger partial charge in [0, 0.05) is 12.1 Å². The van der Waals surface area contributed by atoms with Crippen LogP contribution in [0.2, 0.25) is 10.0 Å². The summed E-state index contributed by atoms with van der Waals surface area (Å²) in [6, 6.07) is 4.24. The highest BCUT2D eigenvalue weighted by atomic mass is 35.5. The maximum Gasteiger partial charge on any atom is 0.126 e. The molecule has 2 aromatic rings. The third kappa shape index (κ3) is 2.49. The zero-order valence-corrected chi connectivity index (χ0v) is 9.65. The average molecular weight is 260 g/mol. The third-order valence-electron chi connectivity index (χ3n) is 2.06. The standard InChI is InChI=1S/C11H8Cl2FNO/c12-9-3-8(14)4-10(13)11(9)15-5-7-1-2-16-6-7/h1-4,6,15H,5H2. The van der Waals surface area contributed by atoms with Crippen molar-refractivity contribution in [2.75, 3.05) is 5.32 Å². The van der Waals surface area contributed by atoms with Crippen molar-refractivity contribution in [2.24, 2.45) is 0 Å². The Morgan fingerprint density at radius 3 is 2.50 bits per heavy atom. The molecule has 0 atom stereocenters. The Kier molecular flexibility index (Phi) is 3.36. The predicted octanol–water partition coefficient (Wildman–Crippen LogP) is 4.34. The summed E-state index contributed by atoms with van der Waals surface area (Å²) >= 11 is 11.7. The molecule has 1 N–H and O–H groups in total. The summed E-state index contributed by atoms with van der Waals surface area (Å²) in [7, 11) is 0. The summed E-state index contributed by atoms with van der Waals surface area (Å²) in [5.74, 6) is -0.455. The number of furan rings is 1. The molecule has 0 fully saturated rings. The normalized spacial score (nSPS) is 10.4. The number of benzene rings is 1. The SMILES string of the molecule is Fc1cc(Cl)c(NCc2ccoc2)c(Cl)c1.